The van der Waals surface area contributed by atoms with Crippen LogP contribution in [0.3, 0.4) is 0 Å². The molecule has 2 rings (SSSR count). The number of para-hydroxylation sites is 2. The maximum atomic E-state index is 5.46. The molecule has 1 aromatic rings. The molecule has 70 valence electrons. The molecular formula is C10H12O3. The minimum absolute atomic E-state index is 0.584. The molecule has 0 aromatic heterocycles. The van der Waals surface area contributed by atoms with Crippen LogP contribution in [-0.2, 0) is 4.74 Å². The second kappa shape index (κ2) is 4.14. The molecule has 0 amide bonds. The van der Waals surface area contributed by atoms with Gasteiger partial charge in [0.25, 0.3) is 0 Å². The third-order valence-corrected chi connectivity index (χ3v) is 1.82. The fraction of sp³-hybridized carbons (Fsp3) is 0.400. The maximum Gasteiger partial charge on any atom is 0.161 e. The SMILES string of the molecule is c1ccc2c(c1)OCCOCCO2. The predicted octanol–water partition coefficient (Wildman–Crippen LogP) is 1.47. The van der Waals surface area contributed by atoms with Gasteiger partial charge in [0, 0.05) is 0 Å². The van der Waals surface area contributed by atoms with Crippen LogP contribution in [0, 0.1) is 0 Å². The van der Waals surface area contributed by atoms with E-state index in [1.54, 1.807) is 0 Å². The van der Waals surface area contributed by atoms with E-state index < -0.39 is 0 Å². The molecule has 0 spiro atoms. The standard InChI is InChI=1S/C10H12O3/c1-2-4-10-9(3-1)12-7-5-11-6-8-13-10/h1-4H,5-8H2. The molecule has 0 bridgehead atoms. The monoisotopic (exact) mass is 180 g/mol. The van der Waals surface area contributed by atoms with E-state index in [2.05, 4.69) is 0 Å². The maximum absolute atomic E-state index is 5.46. The van der Waals surface area contributed by atoms with Gasteiger partial charge < -0.3 is 14.2 Å². The summed E-state index contributed by atoms with van der Waals surface area (Å²) in [5.41, 5.74) is 0. The van der Waals surface area contributed by atoms with Crippen LogP contribution < -0.4 is 9.47 Å². The molecule has 13 heavy (non-hydrogen) atoms. The average molecular weight is 180 g/mol. The lowest BCUT2D eigenvalue weighted by Crippen LogP contribution is -2.08. The molecule has 1 heterocycles. The molecule has 1 aromatic carbocycles. The highest BCUT2D eigenvalue weighted by atomic mass is 16.6. The molecule has 0 atom stereocenters. The zero-order chi connectivity index (χ0) is 8.93. The summed E-state index contributed by atoms with van der Waals surface area (Å²) >= 11 is 0. The summed E-state index contributed by atoms with van der Waals surface area (Å²) in [7, 11) is 0. The van der Waals surface area contributed by atoms with Crippen LogP contribution in [0.4, 0.5) is 0 Å². The second-order valence-corrected chi connectivity index (χ2v) is 2.76. The first-order valence-corrected chi connectivity index (χ1v) is 4.39. The van der Waals surface area contributed by atoms with Gasteiger partial charge in [0.05, 0.1) is 13.2 Å². The van der Waals surface area contributed by atoms with Crippen LogP contribution in [0.25, 0.3) is 0 Å². The molecule has 0 saturated heterocycles. The third-order valence-electron chi connectivity index (χ3n) is 1.82. The normalized spacial score (nSPS) is 16.9. The molecule has 0 fully saturated rings. The van der Waals surface area contributed by atoms with Crippen molar-refractivity contribution in [1.82, 2.24) is 0 Å². The Bertz CT molecular complexity index is 246. The van der Waals surface area contributed by atoms with Gasteiger partial charge in [-0.25, -0.2) is 0 Å². The molecular weight excluding hydrogens is 168 g/mol. The summed E-state index contributed by atoms with van der Waals surface area (Å²) in [5, 5.41) is 0. The van der Waals surface area contributed by atoms with Crippen molar-refractivity contribution >= 4 is 0 Å². The quantitative estimate of drug-likeness (QED) is 0.605. The van der Waals surface area contributed by atoms with Gasteiger partial charge in [-0.1, -0.05) is 12.1 Å². The first-order chi connectivity index (χ1) is 6.47. The van der Waals surface area contributed by atoms with Gasteiger partial charge in [0.1, 0.15) is 13.2 Å². The highest BCUT2D eigenvalue weighted by Crippen LogP contribution is 2.26. The van der Waals surface area contributed by atoms with Gasteiger partial charge in [0.15, 0.2) is 11.5 Å². The Kier molecular flexibility index (Phi) is 2.67. The van der Waals surface area contributed by atoms with Crippen LogP contribution in [0.2, 0.25) is 0 Å². The highest BCUT2D eigenvalue weighted by molar-refractivity contribution is 5.39. The summed E-state index contributed by atoms with van der Waals surface area (Å²) in [4.78, 5) is 0. The summed E-state index contributed by atoms with van der Waals surface area (Å²) in [6.07, 6.45) is 0. The largest absolute Gasteiger partial charge is 0.487 e. The van der Waals surface area contributed by atoms with Crippen molar-refractivity contribution in [2.24, 2.45) is 0 Å². The molecule has 1 aliphatic rings. The Labute approximate surface area is 77.2 Å². The van der Waals surface area contributed by atoms with E-state index in [4.69, 9.17) is 14.2 Å². The number of ether oxygens (including phenoxy) is 3. The van der Waals surface area contributed by atoms with Crippen molar-refractivity contribution in [3.63, 3.8) is 0 Å². The Morgan fingerprint density at radius 2 is 1.31 bits per heavy atom. The summed E-state index contributed by atoms with van der Waals surface area (Å²) in [6, 6.07) is 7.67. The number of hydrogen-bond donors (Lipinski definition) is 0. The van der Waals surface area contributed by atoms with Crippen LogP contribution in [-0.4, -0.2) is 26.4 Å². The number of fused-ring (bicyclic) bond motifs is 1. The molecule has 0 saturated carbocycles. The number of rotatable bonds is 0. The average Bonchev–Trinajstić information content (AvgIpc) is 2.28. The second-order valence-electron chi connectivity index (χ2n) is 2.76. The van der Waals surface area contributed by atoms with Gasteiger partial charge in [0.2, 0.25) is 0 Å². The fourth-order valence-electron chi connectivity index (χ4n) is 1.21. The molecule has 0 N–H and O–H groups in total. The lowest BCUT2D eigenvalue weighted by atomic mass is 10.3. The fourth-order valence-corrected chi connectivity index (χ4v) is 1.21. The zero-order valence-electron chi connectivity index (χ0n) is 7.36. The van der Waals surface area contributed by atoms with Crippen molar-refractivity contribution in [3.05, 3.63) is 24.3 Å². The minimum Gasteiger partial charge on any atom is -0.487 e. The van der Waals surface area contributed by atoms with Gasteiger partial charge in [-0.15, -0.1) is 0 Å². The summed E-state index contributed by atoms with van der Waals surface area (Å²) in [6.45, 7) is 2.41. The topological polar surface area (TPSA) is 27.7 Å². The van der Waals surface area contributed by atoms with E-state index in [0.717, 1.165) is 11.5 Å². The lowest BCUT2D eigenvalue weighted by Gasteiger charge is -2.08. The Balaban J connectivity index is 2.17. The van der Waals surface area contributed by atoms with Crippen molar-refractivity contribution in [1.29, 1.82) is 0 Å². The summed E-state index contributed by atoms with van der Waals surface area (Å²) in [5.74, 6) is 1.60. The third kappa shape index (κ3) is 2.12. The predicted molar refractivity (Wildman–Crippen MR) is 48.3 cm³/mol. The molecule has 3 heteroatoms. The van der Waals surface area contributed by atoms with E-state index in [1.807, 2.05) is 24.3 Å². The first-order valence-electron chi connectivity index (χ1n) is 4.39. The van der Waals surface area contributed by atoms with Gasteiger partial charge in [-0.05, 0) is 12.1 Å². The highest BCUT2D eigenvalue weighted by Gasteiger charge is 2.05. The summed E-state index contributed by atoms with van der Waals surface area (Å²) < 4.78 is 16.2. The van der Waals surface area contributed by atoms with E-state index in [0.29, 0.717) is 26.4 Å². The van der Waals surface area contributed by atoms with Crippen molar-refractivity contribution in [2.45, 2.75) is 0 Å². The van der Waals surface area contributed by atoms with Crippen LogP contribution in [0.1, 0.15) is 0 Å². The molecule has 1 aliphatic heterocycles. The Hall–Kier alpha value is -1.22. The van der Waals surface area contributed by atoms with E-state index in [9.17, 15) is 0 Å². The van der Waals surface area contributed by atoms with Gasteiger partial charge >= 0.3 is 0 Å². The lowest BCUT2D eigenvalue weighted by molar-refractivity contribution is 0.0877. The Morgan fingerprint density at radius 1 is 0.769 bits per heavy atom. The molecule has 0 unspecified atom stereocenters. The molecule has 3 nitrogen and oxygen atoms in total. The molecule has 0 radical (unpaired) electrons. The van der Waals surface area contributed by atoms with Gasteiger partial charge in [-0.2, -0.15) is 0 Å². The molecule has 0 aliphatic carbocycles. The van der Waals surface area contributed by atoms with Crippen molar-refractivity contribution in [3.8, 4) is 11.5 Å². The Morgan fingerprint density at radius 3 is 1.85 bits per heavy atom. The zero-order valence-corrected chi connectivity index (χ0v) is 7.36. The van der Waals surface area contributed by atoms with Crippen molar-refractivity contribution < 1.29 is 14.2 Å². The van der Waals surface area contributed by atoms with E-state index in [1.165, 1.54) is 0 Å². The van der Waals surface area contributed by atoms with E-state index in [-0.39, 0.29) is 0 Å². The number of benzene rings is 1. The smallest absolute Gasteiger partial charge is 0.161 e. The number of hydrogen-bond acceptors (Lipinski definition) is 3. The van der Waals surface area contributed by atoms with Crippen LogP contribution in [0.5, 0.6) is 11.5 Å². The minimum atomic E-state index is 0.584. The van der Waals surface area contributed by atoms with Crippen LogP contribution >= 0.6 is 0 Å². The first kappa shape index (κ1) is 8.38. The van der Waals surface area contributed by atoms with Crippen LogP contribution in [0.15, 0.2) is 24.3 Å². The van der Waals surface area contributed by atoms with E-state index >= 15 is 0 Å². The van der Waals surface area contributed by atoms with Gasteiger partial charge in [-0.3, -0.25) is 0 Å². The van der Waals surface area contributed by atoms with Crippen molar-refractivity contribution in [2.75, 3.05) is 26.4 Å².